The summed E-state index contributed by atoms with van der Waals surface area (Å²) in [5, 5.41) is 5.59. The molecule has 0 aliphatic carbocycles. The number of anilines is 3. The SMILES string of the molecule is CCCNc1ncc(F)c(Nc2ccc(C)cc2F)n1. The minimum Gasteiger partial charge on any atom is -0.354 e. The van der Waals surface area contributed by atoms with Gasteiger partial charge in [0, 0.05) is 6.54 Å². The maximum Gasteiger partial charge on any atom is 0.224 e. The van der Waals surface area contributed by atoms with Gasteiger partial charge in [0.2, 0.25) is 5.95 Å². The van der Waals surface area contributed by atoms with Crippen molar-refractivity contribution in [1.29, 1.82) is 0 Å². The van der Waals surface area contributed by atoms with Crippen LogP contribution in [0.4, 0.5) is 26.2 Å². The van der Waals surface area contributed by atoms with Gasteiger partial charge in [0.25, 0.3) is 0 Å². The quantitative estimate of drug-likeness (QED) is 0.877. The zero-order valence-corrected chi connectivity index (χ0v) is 11.4. The van der Waals surface area contributed by atoms with Gasteiger partial charge in [-0.05, 0) is 31.0 Å². The summed E-state index contributed by atoms with van der Waals surface area (Å²) in [5.41, 5.74) is 0.969. The van der Waals surface area contributed by atoms with Gasteiger partial charge in [-0.3, -0.25) is 0 Å². The van der Waals surface area contributed by atoms with Crippen molar-refractivity contribution in [2.45, 2.75) is 20.3 Å². The Morgan fingerprint density at radius 1 is 1.20 bits per heavy atom. The Labute approximate surface area is 116 Å². The molecule has 0 saturated heterocycles. The molecule has 4 nitrogen and oxygen atoms in total. The van der Waals surface area contributed by atoms with Crippen LogP contribution in [0.1, 0.15) is 18.9 Å². The Kier molecular flexibility index (Phi) is 4.45. The first-order valence-corrected chi connectivity index (χ1v) is 6.39. The molecule has 20 heavy (non-hydrogen) atoms. The standard InChI is InChI=1S/C14H16F2N4/c1-3-6-17-14-18-8-11(16)13(20-14)19-12-5-4-9(2)7-10(12)15/h4-5,7-8H,3,6H2,1-2H3,(H2,17,18,19,20). The maximum absolute atomic E-state index is 13.7. The van der Waals surface area contributed by atoms with Crippen LogP contribution in [0, 0.1) is 18.6 Å². The van der Waals surface area contributed by atoms with Crippen LogP contribution in [-0.4, -0.2) is 16.5 Å². The normalized spacial score (nSPS) is 10.4. The predicted molar refractivity (Wildman–Crippen MR) is 75.2 cm³/mol. The van der Waals surface area contributed by atoms with Crippen molar-refractivity contribution < 1.29 is 8.78 Å². The lowest BCUT2D eigenvalue weighted by molar-refractivity contribution is 0.615. The number of aromatic nitrogens is 2. The molecule has 1 aromatic heterocycles. The highest BCUT2D eigenvalue weighted by molar-refractivity contribution is 5.58. The summed E-state index contributed by atoms with van der Waals surface area (Å²) < 4.78 is 27.4. The van der Waals surface area contributed by atoms with Crippen LogP contribution in [-0.2, 0) is 0 Å². The van der Waals surface area contributed by atoms with E-state index in [0.717, 1.165) is 18.2 Å². The molecule has 0 spiro atoms. The lowest BCUT2D eigenvalue weighted by atomic mass is 10.2. The van der Waals surface area contributed by atoms with E-state index in [1.807, 2.05) is 6.92 Å². The summed E-state index contributed by atoms with van der Waals surface area (Å²) in [6, 6.07) is 4.66. The molecule has 2 N–H and O–H groups in total. The molecule has 1 heterocycles. The second-order valence-corrected chi connectivity index (χ2v) is 4.43. The van der Waals surface area contributed by atoms with Crippen LogP contribution in [0.5, 0.6) is 0 Å². The third-order valence-electron chi connectivity index (χ3n) is 2.65. The van der Waals surface area contributed by atoms with Gasteiger partial charge in [0.1, 0.15) is 5.82 Å². The number of aryl methyl sites for hydroxylation is 1. The first-order valence-electron chi connectivity index (χ1n) is 6.39. The van der Waals surface area contributed by atoms with Crippen LogP contribution >= 0.6 is 0 Å². The number of rotatable bonds is 5. The van der Waals surface area contributed by atoms with E-state index in [0.29, 0.717) is 12.5 Å². The third kappa shape index (κ3) is 3.40. The van der Waals surface area contributed by atoms with Gasteiger partial charge in [-0.2, -0.15) is 4.98 Å². The summed E-state index contributed by atoms with van der Waals surface area (Å²) in [6.45, 7) is 4.46. The fourth-order valence-electron chi connectivity index (χ4n) is 1.63. The fraction of sp³-hybridized carbons (Fsp3) is 0.286. The zero-order chi connectivity index (χ0) is 14.5. The summed E-state index contributed by atoms with van der Waals surface area (Å²) in [6.07, 6.45) is 1.95. The number of benzene rings is 1. The number of hydrogen-bond acceptors (Lipinski definition) is 4. The second kappa shape index (κ2) is 6.27. The number of nitrogens with zero attached hydrogens (tertiary/aromatic N) is 2. The molecule has 2 aromatic rings. The average molecular weight is 278 g/mol. The van der Waals surface area contributed by atoms with Gasteiger partial charge in [-0.25, -0.2) is 13.8 Å². The van der Waals surface area contributed by atoms with Crippen LogP contribution in [0.2, 0.25) is 0 Å². The van der Waals surface area contributed by atoms with Gasteiger partial charge in [-0.15, -0.1) is 0 Å². The summed E-state index contributed by atoms with van der Waals surface area (Å²) in [5.74, 6) is -0.831. The van der Waals surface area contributed by atoms with Gasteiger partial charge < -0.3 is 10.6 Å². The maximum atomic E-state index is 13.7. The lowest BCUT2D eigenvalue weighted by Gasteiger charge is -2.10. The molecule has 0 bridgehead atoms. The van der Waals surface area contributed by atoms with Crippen molar-refractivity contribution in [1.82, 2.24) is 9.97 Å². The predicted octanol–water partition coefficient (Wildman–Crippen LogP) is 3.63. The molecule has 0 unspecified atom stereocenters. The highest BCUT2D eigenvalue weighted by Crippen LogP contribution is 2.22. The molecule has 0 fully saturated rings. The van der Waals surface area contributed by atoms with E-state index in [-0.39, 0.29) is 11.5 Å². The van der Waals surface area contributed by atoms with E-state index >= 15 is 0 Å². The van der Waals surface area contributed by atoms with Gasteiger partial charge in [-0.1, -0.05) is 13.0 Å². The Morgan fingerprint density at radius 3 is 2.70 bits per heavy atom. The van der Waals surface area contributed by atoms with Gasteiger partial charge in [0.15, 0.2) is 11.6 Å². The van der Waals surface area contributed by atoms with Crippen LogP contribution in [0.25, 0.3) is 0 Å². The van der Waals surface area contributed by atoms with Crippen molar-refractivity contribution in [2.75, 3.05) is 17.2 Å². The van der Waals surface area contributed by atoms with E-state index in [1.54, 1.807) is 19.1 Å². The second-order valence-electron chi connectivity index (χ2n) is 4.43. The van der Waals surface area contributed by atoms with E-state index < -0.39 is 11.6 Å². The molecule has 0 saturated carbocycles. The molecule has 6 heteroatoms. The molecule has 0 amide bonds. The summed E-state index contributed by atoms with van der Waals surface area (Å²) in [7, 11) is 0. The first kappa shape index (κ1) is 14.2. The first-order chi connectivity index (χ1) is 9.60. The van der Waals surface area contributed by atoms with Crippen molar-refractivity contribution >= 4 is 17.5 Å². The van der Waals surface area contributed by atoms with Crippen LogP contribution < -0.4 is 10.6 Å². The molecular weight excluding hydrogens is 262 g/mol. The summed E-state index contributed by atoms with van der Waals surface area (Å²) in [4.78, 5) is 7.82. The van der Waals surface area contributed by atoms with E-state index in [1.165, 1.54) is 6.07 Å². The van der Waals surface area contributed by atoms with Crippen LogP contribution in [0.15, 0.2) is 24.4 Å². The minimum atomic E-state index is -0.632. The molecule has 1 aromatic carbocycles. The molecule has 0 radical (unpaired) electrons. The van der Waals surface area contributed by atoms with E-state index in [9.17, 15) is 8.78 Å². The lowest BCUT2D eigenvalue weighted by Crippen LogP contribution is -2.07. The zero-order valence-electron chi connectivity index (χ0n) is 11.4. The Balaban J connectivity index is 2.23. The highest BCUT2D eigenvalue weighted by Gasteiger charge is 2.09. The fourth-order valence-corrected chi connectivity index (χ4v) is 1.63. The smallest absolute Gasteiger partial charge is 0.224 e. The van der Waals surface area contributed by atoms with E-state index in [2.05, 4.69) is 20.6 Å². The Bertz CT molecular complexity index is 602. The molecule has 0 atom stereocenters. The number of halogens is 2. The molecule has 2 rings (SSSR count). The van der Waals surface area contributed by atoms with Gasteiger partial charge >= 0.3 is 0 Å². The van der Waals surface area contributed by atoms with E-state index in [4.69, 9.17) is 0 Å². The molecule has 0 aliphatic heterocycles. The van der Waals surface area contributed by atoms with Gasteiger partial charge in [0.05, 0.1) is 11.9 Å². The topological polar surface area (TPSA) is 49.8 Å². The molecular formula is C14H16F2N4. The Morgan fingerprint density at radius 2 is 2.00 bits per heavy atom. The minimum absolute atomic E-state index is 0.0543. The number of nitrogens with one attached hydrogen (secondary N) is 2. The molecule has 106 valence electrons. The third-order valence-corrected chi connectivity index (χ3v) is 2.65. The van der Waals surface area contributed by atoms with Crippen molar-refractivity contribution in [3.8, 4) is 0 Å². The largest absolute Gasteiger partial charge is 0.354 e. The van der Waals surface area contributed by atoms with Crippen molar-refractivity contribution in [2.24, 2.45) is 0 Å². The van der Waals surface area contributed by atoms with Crippen molar-refractivity contribution in [3.05, 3.63) is 41.6 Å². The van der Waals surface area contributed by atoms with Crippen LogP contribution in [0.3, 0.4) is 0 Å². The molecule has 0 aliphatic rings. The summed E-state index contributed by atoms with van der Waals surface area (Å²) >= 11 is 0. The number of hydrogen-bond donors (Lipinski definition) is 2. The van der Waals surface area contributed by atoms with Crippen molar-refractivity contribution in [3.63, 3.8) is 0 Å². The highest BCUT2D eigenvalue weighted by atomic mass is 19.1. The monoisotopic (exact) mass is 278 g/mol. The average Bonchev–Trinajstić information content (AvgIpc) is 2.42. The Hall–Kier alpha value is -2.24.